The fraction of sp³-hybridized carbons (Fsp3) is 0.323. The molecule has 0 saturated carbocycles. The molecule has 0 aliphatic heterocycles. The zero-order chi connectivity index (χ0) is 29.4. The average molecular weight is 541 g/mol. The Balaban J connectivity index is 0.000000454. The molecular formula is C31H39F3N4O. The molecule has 0 aliphatic rings. The molecule has 2 aromatic carbocycles. The number of hydrogen-bond acceptors (Lipinski definition) is 3. The first kappa shape index (κ1) is 33.1. The van der Waals surface area contributed by atoms with Gasteiger partial charge in [-0.1, -0.05) is 49.4 Å². The van der Waals surface area contributed by atoms with Gasteiger partial charge in [-0.15, -0.1) is 6.58 Å². The third-order valence-corrected chi connectivity index (χ3v) is 5.58. The van der Waals surface area contributed by atoms with Crippen molar-refractivity contribution in [2.24, 2.45) is 4.99 Å². The third-order valence-electron chi connectivity index (χ3n) is 5.58. The van der Waals surface area contributed by atoms with Gasteiger partial charge in [0, 0.05) is 29.7 Å². The van der Waals surface area contributed by atoms with Gasteiger partial charge in [-0.05, 0) is 75.4 Å². The Morgan fingerprint density at radius 2 is 1.87 bits per heavy atom. The normalized spacial score (nSPS) is 11.4. The Kier molecular flexibility index (Phi) is 14.3. The second-order valence-corrected chi connectivity index (χ2v) is 8.84. The van der Waals surface area contributed by atoms with E-state index in [0.717, 1.165) is 29.4 Å². The number of alkyl halides is 3. The zero-order valence-corrected chi connectivity index (χ0v) is 23.3. The summed E-state index contributed by atoms with van der Waals surface area (Å²) in [5, 5.41) is 7.72. The number of hydrogen-bond donors (Lipinski definition) is 1. The number of aryl methyl sites for hydroxylation is 2. The molecule has 0 saturated heterocycles. The number of H-pyrrole nitrogens is 1. The van der Waals surface area contributed by atoms with Gasteiger partial charge in [0.2, 0.25) is 0 Å². The van der Waals surface area contributed by atoms with E-state index in [9.17, 15) is 13.2 Å². The lowest BCUT2D eigenvalue weighted by Gasteiger charge is -2.25. The second-order valence-electron chi connectivity index (χ2n) is 8.84. The molecule has 8 heteroatoms. The number of nitrogens with zero attached hydrogens (tertiary/aromatic N) is 3. The number of aromatic amines is 1. The minimum absolute atomic E-state index is 0.0281. The number of fused-ring (bicyclic) bond motifs is 1. The molecule has 1 aromatic heterocycles. The van der Waals surface area contributed by atoms with Crippen LogP contribution in [0.1, 0.15) is 50.3 Å². The summed E-state index contributed by atoms with van der Waals surface area (Å²) >= 11 is 0. The van der Waals surface area contributed by atoms with Gasteiger partial charge in [0.25, 0.3) is 0 Å². The fourth-order valence-electron chi connectivity index (χ4n) is 3.89. The van der Waals surface area contributed by atoms with Crippen molar-refractivity contribution in [3.05, 3.63) is 96.4 Å². The Morgan fingerprint density at radius 1 is 1.15 bits per heavy atom. The summed E-state index contributed by atoms with van der Waals surface area (Å²) in [6.07, 6.45) is 4.27. The molecule has 5 nitrogen and oxygen atoms in total. The van der Waals surface area contributed by atoms with Crippen LogP contribution in [0, 0.1) is 6.92 Å². The molecule has 0 fully saturated rings. The van der Waals surface area contributed by atoms with Gasteiger partial charge in [-0.3, -0.25) is 5.10 Å². The van der Waals surface area contributed by atoms with Crippen molar-refractivity contribution in [3.63, 3.8) is 0 Å². The van der Waals surface area contributed by atoms with Crippen molar-refractivity contribution in [1.29, 1.82) is 0 Å². The Labute approximate surface area is 229 Å². The highest BCUT2D eigenvalue weighted by atomic mass is 19.4. The standard InChI is InChI=1S/C18H21F3N4.C12H16.CH2O/c1-4-6-17(23-13(2)3)25(10-5-9-18(19,20)21)15-7-8-16-14(11-15)12-22-24-16;1-4-6-12-9-10(3)7-8-11(12)5-2;1-2/h4,6-8,11-12H,2,5,9-10H2,1,3H3,(H,22,24);4,7-9H,1,5-6H2,2-3H3;1H2/b6-4-,23-17?;;. The monoisotopic (exact) mass is 540 g/mol. The van der Waals surface area contributed by atoms with Crippen molar-refractivity contribution in [2.75, 3.05) is 11.4 Å². The van der Waals surface area contributed by atoms with Gasteiger partial charge in [0.05, 0.1) is 11.7 Å². The molecule has 3 aromatic rings. The fourth-order valence-corrected chi connectivity index (χ4v) is 3.89. The highest BCUT2D eigenvalue weighted by Gasteiger charge is 2.27. The molecule has 210 valence electrons. The average Bonchev–Trinajstić information content (AvgIpc) is 3.36. The number of allylic oxidation sites excluding steroid dienone is 3. The van der Waals surface area contributed by atoms with Gasteiger partial charge < -0.3 is 9.69 Å². The lowest BCUT2D eigenvalue weighted by molar-refractivity contribution is -0.134. The maximum atomic E-state index is 12.5. The molecule has 0 atom stereocenters. The lowest BCUT2D eigenvalue weighted by atomic mass is 10.0. The van der Waals surface area contributed by atoms with Crippen LogP contribution in [0.3, 0.4) is 0 Å². The van der Waals surface area contributed by atoms with Crippen molar-refractivity contribution >= 4 is 29.2 Å². The molecule has 0 aliphatic carbocycles. The number of nitrogens with one attached hydrogen (secondary N) is 1. The maximum absolute atomic E-state index is 12.5. The highest BCUT2D eigenvalue weighted by Crippen LogP contribution is 2.25. The third kappa shape index (κ3) is 11.5. The zero-order valence-electron chi connectivity index (χ0n) is 23.3. The molecule has 3 rings (SSSR count). The summed E-state index contributed by atoms with van der Waals surface area (Å²) in [4.78, 5) is 14.2. The number of benzene rings is 2. The topological polar surface area (TPSA) is 61.4 Å². The molecule has 1 N–H and O–H groups in total. The van der Waals surface area contributed by atoms with Crippen LogP contribution in [0.5, 0.6) is 0 Å². The van der Waals surface area contributed by atoms with Crippen LogP contribution in [0.25, 0.3) is 10.9 Å². The van der Waals surface area contributed by atoms with Gasteiger partial charge in [0.1, 0.15) is 12.6 Å². The summed E-state index contributed by atoms with van der Waals surface area (Å²) < 4.78 is 37.6. The van der Waals surface area contributed by atoms with Crippen molar-refractivity contribution < 1.29 is 18.0 Å². The predicted molar refractivity (Wildman–Crippen MR) is 157 cm³/mol. The summed E-state index contributed by atoms with van der Waals surface area (Å²) in [5.74, 6) is 0.556. The summed E-state index contributed by atoms with van der Waals surface area (Å²) in [7, 11) is 0. The maximum Gasteiger partial charge on any atom is 0.389 e. The number of aliphatic imine (C=N–C) groups is 1. The lowest BCUT2D eigenvalue weighted by Crippen LogP contribution is -2.31. The van der Waals surface area contributed by atoms with E-state index in [-0.39, 0.29) is 13.0 Å². The van der Waals surface area contributed by atoms with E-state index in [4.69, 9.17) is 4.79 Å². The molecular weight excluding hydrogens is 501 g/mol. The van der Waals surface area contributed by atoms with Crippen molar-refractivity contribution in [1.82, 2.24) is 10.2 Å². The van der Waals surface area contributed by atoms with Gasteiger partial charge in [-0.25, -0.2) is 4.99 Å². The Hall–Kier alpha value is -3.94. The largest absolute Gasteiger partial charge is 0.389 e. The van der Waals surface area contributed by atoms with Crippen LogP contribution in [0.2, 0.25) is 0 Å². The summed E-state index contributed by atoms with van der Waals surface area (Å²) in [5.41, 5.74) is 6.41. The number of amidine groups is 1. The van der Waals surface area contributed by atoms with Crippen LogP contribution < -0.4 is 4.90 Å². The highest BCUT2D eigenvalue weighted by molar-refractivity contribution is 6.07. The summed E-state index contributed by atoms with van der Waals surface area (Å²) in [6.45, 7) is 17.6. The number of carbonyl (C=O) groups is 1. The van der Waals surface area contributed by atoms with E-state index in [0.29, 0.717) is 11.5 Å². The van der Waals surface area contributed by atoms with Gasteiger partial charge >= 0.3 is 6.18 Å². The van der Waals surface area contributed by atoms with Crippen molar-refractivity contribution in [2.45, 2.75) is 59.6 Å². The van der Waals surface area contributed by atoms with Crippen LogP contribution in [0.4, 0.5) is 18.9 Å². The second kappa shape index (κ2) is 16.8. The number of carbonyl (C=O) groups excluding carboxylic acids is 1. The minimum atomic E-state index is -4.17. The van der Waals surface area contributed by atoms with Crippen LogP contribution >= 0.6 is 0 Å². The van der Waals surface area contributed by atoms with Gasteiger partial charge in [0.15, 0.2) is 0 Å². The smallest absolute Gasteiger partial charge is 0.326 e. The first-order valence-electron chi connectivity index (χ1n) is 12.7. The van der Waals surface area contributed by atoms with Crippen LogP contribution in [-0.2, 0) is 17.6 Å². The molecule has 1 heterocycles. The van der Waals surface area contributed by atoms with Crippen LogP contribution in [0.15, 0.2) is 84.7 Å². The van der Waals surface area contributed by atoms with E-state index in [1.54, 1.807) is 30.2 Å². The SMILES string of the molecule is C=C(C)N=C(/C=C\C)N(CCCC(F)(F)F)c1ccc2[nH]ncc2c1.C=CCc1cc(C)ccc1CC.C=O. The summed E-state index contributed by atoms with van der Waals surface area (Å²) in [6, 6.07) is 12.2. The quantitative estimate of drug-likeness (QED) is 0.169. The number of aromatic nitrogens is 2. The van der Waals surface area contributed by atoms with Crippen LogP contribution in [-0.4, -0.2) is 35.5 Å². The first-order chi connectivity index (χ1) is 18.6. The number of rotatable bonds is 9. The molecule has 0 radical (unpaired) electrons. The number of anilines is 1. The van der Waals surface area contributed by atoms with E-state index < -0.39 is 12.6 Å². The molecule has 0 spiro atoms. The minimum Gasteiger partial charge on any atom is -0.326 e. The van der Waals surface area contributed by atoms with E-state index in [1.165, 1.54) is 16.7 Å². The van der Waals surface area contributed by atoms with E-state index >= 15 is 0 Å². The number of halogens is 3. The Bertz CT molecular complexity index is 1260. The first-order valence-corrected chi connectivity index (χ1v) is 12.7. The Morgan fingerprint density at radius 3 is 2.46 bits per heavy atom. The van der Waals surface area contributed by atoms with E-state index in [1.807, 2.05) is 38.0 Å². The molecule has 0 bridgehead atoms. The molecule has 0 unspecified atom stereocenters. The van der Waals surface area contributed by atoms with Gasteiger partial charge in [-0.2, -0.15) is 18.3 Å². The van der Waals surface area contributed by atoms with Crippen molar-refractivity contribution in [3.8, 4) is 0 Å². The predicted octanol–water partition coefficient (Wildman–Crippen LogP) is 8.32. The molecule has 0 amide bonds. The molecule has 39 heavy (non-hydrogen) atoms. The van der Waals surface area contributed by atoms with E-state index in [2.05, 4.69) is 60.4 Å².